The van der Waals surface area contributed by atoms with Crippen LogP contribution in [-0.2, 0) is 4.74 Å². The van der Waals surface area contributed by atoms with E-state index in [0.29, 0.717) is 0 Å². The van der Waals surface area contributed by atoms with Gasteiger partial charge in [0.25, 0.3) is 0 Å². The Kier molecular flexibility index (Phi) is 9.87. The Morgan fingerprint density at radius 1 is 1.64 bits per heavy atom. The Morgan fingerprint density at radius 3 is 2.00 bits per heavy atom. The van der Waals surface area contributed by atoms with Crippen LogP contribution in [0.5, 0.6) is 0 Å². The highest BCUT2D eigenvalue weighted by molar-refractivity contribution is 5.80. The molecule has 0 bridgehead atoms. The summed E-state index contributed by atoms with van der Waals surface area (Å²) >= 11 is 0. The molecular formula is C6H13NO4. The fraction of sp³-hybridized carbons (Fsp3) is 0.667. The molecule has 66 valence electrons. The van der Waals surface area contributed by atoms with Crippen LogP contribution >= 0.6 is 0 Å². The van der Waals surface area contributed by atoms with Gasteiger partial charge in [0.2, 0.25) is 0 Å². The highest BCUT2D eigenvalue weighted by Gasteiger charge is 1.80. The van der Waals surface area contributed by atoms with E-state index in [2.05, 4.69) is 9.89 Å². The van der Waals surface area contributed by atoms with E-state index < -0.39 is 6.16 Å². The first-order valence-electron chi connectivity index (χ1n) is 3.02. The van der Waals surface area contributed by atoms with Crippen molar-refractivity contribution in [2.24, 2.45) is 5.16 Å². The van der Waals surface area contributed by atoms with Crippen molar-refractivity contribution in [3.63, 3.8) is 0 Å². The van der Waals surface area contributed by atoms with Crippen molar-refractivity contribution in [1.29, 1.82) is 0 Å². The van der Waals surface area contributed by atoms with E-state index in [4.69, 9.17) is 15.1 Å². The van der Waals surface area contributed by atoms with Crippen molar-refractivity contribution in [1.82, 2.24) is 0 Å². The Labute approximate surface area is 65.3 Å². The Hall–Kier alpha value is -1.26. The topological polar surface area (TPSA) is 79.1 Å². The van der Waals surface area contributed by atoms with Crippen molar-refractivity contribution in [3.8, 4) is 0 Å². The molecule has 5 heteroatoms. The SMILES string of the molecule is CC/C(C)=N/O.COC(=O)O. The number of hydrogen-bond acceptors (Lipinski definition) is 4. The first kappa shape index (κ1) is 12.4. The van der Waals surface area contributed by atoms with Gasteiger partial charge in [-0.15, -0.1) is 0 Å². The van der Waals surface area contributed by atoms with Crippen LogP contribution in [0.2, 0.25) is 0 Å². The van der Waals surface area contributed by atoms with E-state index in [1.54, 1.807) is 6.92 Å². The van der Waals surface area contributed by atoms with Crippen LogP contribution in [0.25, 0.3) is 0 Å². The zero-order valence-corrected chi connectivity index (χ0v) is 6.87. The van der Waals surface area contributed by atoms with E-state index in [1.165, 1.54) is 0 Å². The lowest BCUT2D eigenvalue weighted by molar-refractivity contribution is 0.114. The minimum Gasteiger partial charge on any atom is -0.450 e. The standard InChI is InChI=1S/C4H9NO.C2H4O3/c1-3-4(2)5-6;1-5-2(3)4/h6H,3H2,1-2H3;1H3,(H,3,4)/b5-4+;. The zero-order chi connectivity index (χ0) is 9.28. The molecular weight excluding hydrogens is 150 g/mol. The minimum atomic E-state index is -1.25. The largest absolute Gasteiger partial charge is 0.505 e. The zero-order valence-electron chi connectivity index (χ0n) is 6.87. The summed E-state index contributed by atoms with van der Waals surface area (Å²) in [4.78, 5) is 9.15. The molecule has 0 aliphatic rings. The van der Waals surface area contributed by atoms with Crippen LogP contribution in [0, 0.1) is 0 Å². The molecule has 2 N–H and O–H groups in total. The average Bonchev–Trinajstić information content (AvgIpc) is 2.04. The normalized spacial score (nSPS) is 9.55. The number of hydrogen-bond donors (Lipinski definition) is 2. The maximum absolute atomic E-state index is 9.15. The number of rotatable bonds is 1. The number of methoxy groups -OCH3 is 1. The molecule has 0 aromatic heterocycles. The van der Waals surface area contributed by atoms with Crippen molar-refractivity contribution in [2.45, 2.75) is 20.3 Å². The fourth-order valence-corrected chi connectivity index (χ4v) is 0.0707. The van der Waals surface area contributed by atoms with E-state index in [0.717, 1.165) is 19.2 Å². The molecule has 0 atom stereocenters. The fourth-order valence-electron chi connectivity index (χ4n) is 0.0707. The van der Waals surface area contributed by atoms with Gasteiger partial charge in [-0.25, -0.2) is 4.79 Å². The van der Waals surface area contributed by atoms with Crippen molar-refractivity contribution in [2.75, 3.05) is 7.11 Å². The van der Waals surface area contributed by atoms with Gasteiger partial charge in [0.05, 0.1) is 12.8 Å². The third-order valence-corrected chi connectivity index (χ3v) is 0.857. The van der Waals surface area contributed by atoms with E-state index in [-0.39, 0.29) is 0 Å². The van der Waals surface area contributed by atoms with Crippen LogP contribution in [0.3, 0.4) is 0 Å². The summed E-state index contributed by atoms with van der Waals surface area (Å²) in [5, 5.41) is 18.3. The quantitative estimate of drug-likeness (QED) is 0.266. The van der Waals surface area contributed by atoms with Crippen LogP contribution in [0.4, 0.5) is 4.79 Å². The Bertz CT molecular complexity index is 133. The minimum absolute atomic E-state index is 0.773. The van der Waals surface area contributed by atoms with Gasteiger partial charge in [0, 0.05) is 0 Å². The molecule has 0 aromatic carbocycles. The van der Waals surface area contributed by atoms with Crippen LogP contribution in [0.15, 0.2) is 5.16 Å². The molecule has 0 heterocycles. The summed E-state index contributed by atoms with van der Waals surface area (Å²) in [6.07, 6.45) is -0.416. The van der Waals surface area contributed by atoms with Gasteiger partial charge < -0.3 is 15.1 Å². The number of oxime groups is 1. The third-order valence-electron chi connectivity index (χ3n) is 0.857. The molecule has 0 aliphatic heterocycles. The lowest BCUT2D eigenvalue weighted by Crippen LogP contribution is -1.91. The summed E-state index contributed by atoms with van der Waals surface area (Å²) in [6, 6.07) is 0. The van der Waals surface area contributed by atoms with Gasteiger partial charge >= 0.3 is 6.16 Å². The Balaban J connectivity index is 0. The molecule has 0 spiro atoms. The molecule has 0 fully saturated rings. The first-order chi connectivity index (χ1) is 5.08. The van der Waals surface area contributed by atoms with Crippen LogP contribution in [-0.4, -0.2) is 29.3 Å². The third kappa shape index (κ3) is 17.7. The average molecular weight is 163 g/mol. The summed E-state index contributed by atoms with van der Waals surface area (Å²) in [5.74, 6) is 0. The molecule has 0 aromatic rings. The maximum atomic E-state index is 9.15. The molecule has 11 heavy (non-hydrogen) atoms. The summed E-state index contributed by atoms with van der Waals surface area (Å²) < 4.78 is 3.67. The maximum Gasteiger partial charge on any atom is 0.505 e. The van der Waals surface area contributed by atoms with Gasteiger partial charge in [-0.2, -0.15) is 0 Å². The second-order valence-corrected chi connectivity index (χ2v) is 1.66. The molecule has 5 nitrogen and oxygen atoms in total. The van der Waals surface area contributed by atoms with Gasteiger partial charge in [-0.1, -0.05) is 12.1 Å². The molecule has 0 unspecified atom stereocenters. The van der Waals surface area contributed by atoms with Crippen molar-refractivity contribution in [3.05, 3.63) is 0 Å². The lowest BCUT2D eigenvalue weighted by Gasteiger charge is -1.81. The highest BCUT2D eigenvalue weighted by atomic mass is 16.6. The van der Waals surface area contributed by atoms with Gasteiger partial charge in [0.15, 0.2) is 0 Å². The van der Waals surface area contributed by atoms with E-state index in [9.17, 15) is 0 Å². The van der Waals surface area contributed by atoms with Crippen LogP contribution in [0.1, 0.15) is 20.3 Å². The number of ether oxygens (including phenoxy) is 1. The van der Waals surface area contributed by atoms with Crippen molar-refractivity contribution < 1.29 is 19.8 Å². The molecule has 0 saturated heterocycles. The molecule has 0 amide bonds. The lowest BCUT2D eigenvalue weighted by atomic mass is 10.3. The van der Waals surface area contributed by atoms with Crippen molar-refractivity contribution >= 4 is 11.9 Å². The predicted octanol–water partition coefficient (Wildman–Crippen LogP) is 1.56. The second-order valence-electron chi connectivity index (χ2n) is 1.66. The second kappa shape index (κ2) is 8.74. The summed E-state index contributed by atoms with van der Waals surface area (Å²) in [7, 11) is 1.10. The van der Waals surface area contributed by atoms with E-state index in [1.807, 2.05) is 6.92 Å². The molecule has 0 rings (SSSR count). The van der Waals surface area contributed by atoms with Crippen LogP contribution < -0.4 is 0 Å². The first-order valence-corrected chi connectivity index (χ1v) is 3.02. The van der Waals surface area contributed by atoms with E-state index >= 15 is 0 Å². The summed E-state index contributed by atoms with van der Waals surface area (Å²) in [5.41, 5.74) is 0.773. The van der Waals surface area contributed by atoms with Gasteiger partial charge in [-0.3, -0.25) is 0 Å². The number of nitrogens with zero attached hydrogens (tertiary/aromatic N) is 1. The number of carboxylic acid groups (broad SMARTS) is 1. The highest BCUT2D eigenvalue weighted by Crippen LogP contribution is 1.78. The molecule has 0 aliphatic carbocycles. The molecule has 0 radical (unpaired) electrons. The summed E-state index contributed by atoms with van der Waals surface area (Å²) in [6.45, 7) is 3.72. The Morgan fingerprint density at radius 2 is 2.00 bits per heavy atom. The van der Waals surface area contributed by atoms with Gasteiger partial charge in [-0.05, 0) is 13.3 Å². The monoisotopic (exact) mass is 163 g/mol. The predicted molar refractivity (Wildman–Crippen MR) is 40.2 cm³/mol. The van der Waals surface area contributed by atoms with Gasteiger partial charge in [0.1, 0.15) is 0 Å². The smallest absolute Gasteiger partial charge is 0.450 e. The number of carbonyl (C=O) groups is 1. The molecule has 0 saturated carbocycles.